The Bertz CT molecular complexity index is 320. The molecule has 4 nitrogen and oxygen atoms in total. The molecule has 4 atom stereocenters. The van der Waals surface area contributed by atoms with Gasteiger partial charge in [-0.3, -0.25) is 4.79 Å². The summed E-state index contributed by atoms with van der Waals surface area (Å²) in [7, 11) is 0. The van der Waals surface area contributed by atoms with E-state index >= 15 is 0 Å². The smallest absolute Gasteiger partial charge is 0.237 e. The number of halogens is 1. The Hall–Kier alpha value is -0.320. The minimum absolute atomic E-state index is 0. The highest BCUT2D eigenvalue weighted by atomic mass is 35.5. The number of hydrogen-bond acceptors (Lipinski definition) is 3. The van der Waals surface area contributed by atoms with Crippen LogP contribution in [-0.4, -0.2) is 37.2 Å². The fourth-order valence-corrected chi connectivity index (χ4v) is 4.04. The van der Waals surface area contributed by atoms with Crippen LogP contribution in [0.15, 0.2) is 0 Å². The van der Waals surface area contributed by atoms with Gasteiger partial charge in [0.1, 0.15) is 0 Å². The number of ether oxygens (including phenoxy) is 1. The SMILES string of the molecule is Cl.O=C(NCCC1CCCCO1)C1CC2CCCCC2N1. The molecular weight excluding hydrogens is 288 g/mol. The largest absolute Gasteiger partial charge is 0.378 e. The molecule has 2 aliphatic heterocycles. The fourth-order valence-electron chi connectivity index (χ4n) is 4.04. The van der Waals surface area contributed by atoms with Gasteiger partial charge in [0.15, 0.2) is 0 Å². The Balaban J connectivity index is 0.00000161. The number of nitrogens with one attached hydrogen (secondary N) is 2. The zero-order valence-corrected chi connectivity index (χ0v) is 13.6. The Morgan fingerprint density at radius 1 is 1.14 bits per heavy atom. The summed E-state index contributed by atoms with van der Waals surface area (Å²) in [5.74, 6) is 0.941. The topological polar surface area (TPSA) is 50.4 Å². The van der Waals surface area contributed by atoms with Crippen molar-refractivity contribution in [1.29, 1.82) is 0 Å². The molecule has 3 rings (SSSR count). The summed E-state index contributed by atoms with van der Waals surface area (Å²) in [6, 6.07) is 0.650. The Morgan fingerprint density at radius 3 is 2.71 bits per heavy atom. The van der Waals surface area contributed by atoms with Gasteiger partial charge in [-0.1, -0.05) is 12.8 Å². The predicted molar refractivity (Wildman–Crippen MR) is 85.8 cm³/mol. The van der Waals surface area contributed by atoms with Gasteiger partial charge in [0, 0.05) is 19.2 Å². The van der Waals surface area contributed by atoms with Crippen LogP contribution in [0, 0.1) is 5.92 Å². The molecule has 0 aromatic heterocycles. The van der Waals surface area contributed by atoms with Gasteiger partial charge in [-0.05, 0) is 50.9 Å². The van der Waals surface area contributed by atoms with E-state index in [1.165, 1.54) is 38.5 Å². The Morgan fingerprint density at radius 2 is 1.95 bits per heavy atom. The standard InChI is InChI=1S/C16H28N2O2.ClH/c19-16(17-9-8-13-6-3-4-10-20-13)15-11-12-5-1-2-7-14(12)18-15;/h12-15,18H,1-11H2,(H,17,19);1H. The summed E-state index contributed by atoms with van der Waals surface area (Å²) < 4.78 is 5.70. The van der Waals surface area contributed by atoms with Crippen molar-refractivity contribution >= 4 is 18.3 Å². The zero-order valence-electron chi connectivity index (χ0n) is 12.8. The number of amides is 1. The van der Waals surface area contributed by atoms with Crippen molar-refractivity contribution in [2.24, 2.45) is 5.92 Å². The molecule has 2 heterocycles. The Kier molecular flexibility index (Phi) is 6.77. The summed E-state index contributed by atoms with van der Waals surface area (Å²) in [5, 5.41) is 6.64. The lowest BCUT2D eigenvalue weighted by atomic mass is 9.85. The second kappa shape index (κ2) is 8.35. The van der Waals surface area contributed by atoms with Crippen molar-refractivity contribution in [3.05, 3.63) is 0 Å². The van der Waals surface area contributed by atoms with Gasteiger partial charge in [0.2, 0.25) is 5.91 Å². The number of rotatable bonds is 4. The average Bonchev–Trinajstić information content (AvgIpc) is 2.92. The molecule has 0 aromatic rings. The molecule has 3 aliphatic rings. The second-order valence-electron chi connectivity index (χ2n) is 6.67. The first kappa shape index (κ1) is 17.0. The van der Waals surface area contributed by atoms with Crippen LogP contribution in [0.1, 0.15) is 57.8 Å². The minimum atomic E-state index is 0. The molecule has 0 spiro atoms. The number of hydrogen-bond donors (Lipinski definition) is 2. The van der Waals surface area contributed by atoms with Crippen LogP contribution in [0.3, 0.4) is 0 Å². The van der Waals surface area contributed by atoms with E-state index in [0.29, 0.717) is 12.1 Å². The number of fused-ring (bicyclic) bond motifs is 1. The highest BCUT2D eigenvalue weighted by Gasteiger charge is 2.37. The monoisotopic (exact) mass is 316 g/mol. The zero-order chi connectivity index (χ0) is 13.8. The molecule has 2 N–H and O–H groups in total. The maximum atomic E-state index is 12.2. The average molecular weight is 317 g/mol. The summed E-state index contributed by atoms with van der Waals surface area (Å²) in [4.78, 5) is 12.2. The maximum absolute atomic E-state index is 12.2. The normalized spacial score (nSPS) is 35.6. The molecule has 1 saturated carbocycles. The van der Waals surface area contributed by atoms with Crippen LogP contribution in [0.25, 0.3) is 0 Å². The summed E-state index contributed by atoms with van der Waals surface area (Å²) in [6.45, 7) is 1.66. The van der Waals surface area contributed by atoms with Gasteiger partial charge in [0.05, 0.1) is 12.1 Å². The van der Waals surface area contributed by atoms with Crippen molar-refractivity contribution in [3.63, 3.8) is 0 Å². The van der Waals surface area contributed by atoms with Crippen LogP contribution < -0.4 is 10.6 Å². The molecule has 1 aliphatic carbocycles. The van der Waals surface area contributed by atoms with Gasteiger partial charge >= 0.3 is 0 Å². The lowest BCUT2D eigenvalue weighted by Crippen LogP contribution is -2.44. The van der Waals surface area contributed by atoms with Crippen LogP contribution in [0.4, 0.5) is 0 Å². The third-order valence-electron chi connectivity index (χ3n) is 5.22. The molecule has 122 valence electrons. The lowest BCUT2D eigenvalue weighted by Gasteiger charge is -2.24. The molecule has 3 fully saturated rings. The predicted octanol–water partition coefficient (Wildman–Crippen LogP) is 2.40. The Labute approximate surface area is 134 Å². The van der Waals surface area contributed by atoms with E-state index in [4.69, 9.17) is 4.74 Å². The molecule has 2 saturated heterocycles. The van der Waals surface area contributed by atoms with Crippen molar-refractivity contribution in [2.75, 3.05) is 13.2 Å². The second-order valence-corrected chi connectivity index (χ2v) is 6.67. The highest BCUT2D eigenvalue weighted by molar-refractivity contribution is 5.85. The summed E-state index contributed by atoms with van der Waals surface area (Å²) in [5.41, 5.74) is 0. The van der Waals surface area contributed by atoms with Crippen LogP contribution >= 0.6 is 12.4 Å². The van der Waals surface area contributed by atoms with Crippen LogP contribution in [0.5, 0.6) is 0 Å². The highest BCUT2D eigenvalue weighted by Crippen LogP contribution is 2.33. The molecule has 0 radical (unpaired) electrons. The van der Waals surface area contributed by atoms with E-state index < -0.39 is 0 Å². The first-order chi connectivity index (χ1) is 9.83. The van der Waals surface area contributed by atoms with E-state index in [0.717, 1.165) is 38.3 Å². The van der Waals surface area contributed by atoms with Gasteiger partial charge in [-0.15, -0.1) is 12.4 Å². The maximum Gasteiger partial charge on any atom is 0.237 e. The number of carbonyl (C=O) groups excluding carboxylic acids is 1. The molecular formula is C16H29ClN2O2. The van der Waals surface area contributed by atoms with Gasteiger partial charge in [-0.2, -0.15) is 0 Å². The van der Waals surface area contributed by atoms with Crippen molar-refractivity contribution in [3.8, 4) is 0 Å². The number of carbonyl (C=O) groups is 1. The van der Waals surface area contributed by atoms with E-state index in [9.17, 15) is 4.79 Å². The molecule has 1 amide bonds. The first-order valence-electron chi connectivity index (χ1n) is 8.48. The first-order valence-corrected chi connectivity index (χ1v) is 8.48. The van der Waals surface area contributed by atoms with E-state index in [2.05, 4.69) is 10.6 Å². The molecule has 0 bridgehead atoms. The molecule has 21 heavy (non-hydrogen) atoms. The van der Waals surface area contributed by atoms with Gasteiger partial charge in [-0.25, -0.2) is 0 Å². The summed E-state index contributed by atoms with van der Waals surface area (Å²) in [6.07, 6.45) is 11.2. The van der Waals surface area contributed by atoms with E-state index in [-0.39, 0.29) is 24.4 Å². The molecule has 0 aromatic carbocycles. The van der Waals surface area contributed by atoms with Crippen LogP contribution in [-0.2, 0) is 9.53 Å². The van der Waals surface area contributed by atoms with E-state index in [1.807, 2.05) is 0 Å². The molecule has 5 heteroatoms. The van der Waals surface area contributed by atoms with Crippen molar-refractivity contribution < 1.29 is 9.53 Å². The fraction of sp³-hybridized carbons (Fsp3) is 0.938. The molecule has 4 unspecified atom stereocenters. The van der Waals surface area contributed by atoms with E-state index in [1.54, 1.807) is 0 Å². The van der Waals surface area contributed by atoms with Gasteiger partial charge < -0.3 is 15.4 Å². The van der Waals surface area contributed by atoms with Gasteiger partial charge in [0.25, 0.3) is 0 Å². The van der Waals surface area contributed by atoms with Crippen LogP contribution in [0.2, 0.25) is 0 Å². The quantitative estimate of drug-likeness (QED) is 0.837. The third-order valence-corrected chi connectivity index (χ3v) is 5.22. The minimum Gasteiger partial charge on any atom is -0.378 e. The third kappa shape index (κ3) is 4.57. The van der Waals surface area contributed by atoms with Crippen molar-refractivity contribution in [2.45, 2.75) is 76.0 Å². The lowest BCUT2D eigenvalue weighted by molar-refractivity contribution is -0.123. The summed E-state index contributed by atoms with van der Waals surface area (Å²) >= 11 is 0. The van der Waals surface area contributed by atoms with Crippen molar-refractivity contribution in [1.82, 2.24) is 10.6 Å².